The van der Waals surface area contributed by atoms with Crippen LogP contribution in [0.2, 0.25) is 0 Å². The lowest BCUT2D eigenvalue weighted by atomic mass is 10.0. The number of nitrogens with one attached hydrogen (secondary N) is 2. The smallest absolute Gasteiger partial charge is 0.257 e. The molecule has 0 saturated carbocycles. The number of pyridine rings is 1. The number of benzene rings is 1. The molecule has 2 heterocycles. The van der Waals surface area contributed by atoms with Crippen molar-refractivity contribution in [2.45, 2.75) is 13.0 Å². The van der Waals surface area contributed by atoms with E-state index in [4.69, 9.17) is 0 Å². The summed E-state index contributed by atoms with van der Waals surface area (Å²) >= 11 is 0. The number of fused-ring (bicyclic) bond motifs is 1. The summed E-state index contributed by atoms with van der Waals surface area (Å²) in [6.07, 6.45) is 3.73. The van der Waals surface area contributed by atoms with Gasteiger partial charge in [-0.1, -0.05) is 6.07 Å². The summed E-state index contributed by atoms with van der Waals surface area (Å²) in [6, 6.07) is 7.32. The first-order chi connectivity index (χ1) is 9.72. The molecule has 5 nitrogen and oxygen atoms in total. The zero-order valence-electron chi connectivity index (χ0n) is 10.9. The van der Waals surface area contributed by atoms with Crippen LogP contribution in [0, 0.1) is 0 Å². The molecule has 0 unspecified atom stereocenters. The van der Waals surface area contributed by atoms with E-state index in [9.17, 15) is 9.90 Å². The van der Waals surface area contributed by atoms with E-state index in [0.717, 1.165) is 25.2 Å². The van der Waals surface area contributed by atoms with E-state index >= 15 is 0 Å². The zero-order valence-corrected chi connectivity index (χ0v) is 10.9. The highest BCUT2D eigenvalue weighted by Crippen LogP contribution is 2.20. The molecule has 0 bridgehead atoms. The Morgan fingerprint density at radius 1 is 1.25 bits per heavy atom. The summed E-state index contributed by atoms with van der Waals surface area (Å²) in [5.41, 5.74) is 3.62. The van der Waals surface area contributed by atoms with Crippen LogP contribution in [0.15, 0.2) is 36.7 Å². The Bertz CT molecular complexity index is 655. The van der Waals surface area contributed by atoms with E-state index in [2.05, 4.69) is 15.6 Å². The first-order valence-electron chi connectivity index (χ1n) is 6.50. The molecule has 1 aromatic heterocycles. The minimum atomic E-state index is -0.280. The van der Waals surface area contributed by atoms with E-state index in [1.807, 2.05) is 18.2 Å². The quantitative estimate of drug-likeness (QED) is 0.775. The van der Waals surface area contributed by atoms with Gasteiger partial charge < -0.3 is 15.7 Å². The Morgan fingerprint density at radius 3 is 3.00 bits per heavy atom. The van der Waals surface area contributed by atoms with Gasteiger partial charge in [0.05, 0.1) is 11.8 Å². The SMILES string of the molecule is O=C(Nc1ccc2c(c1)CNCC2)c1cncc(O)c1. The highest BCUT2D eigenvalue weighted by Gasteiger charge is 2.11. The number of hydrogen-bond acceptors (Lipinski definition) is 4. The van der Waals surface area contributed by atoms with Crippen LogP contribution in [-0.4, -0.2) is 22.5 Å². The molecule has 1 amide bonds. The van der Waals surface area contributed by atoms with Crippen LogP contribution in [0.4, 0.5) is 5.69 Å². The second kappa shape index (κ2) is 5.30. The highest BCUT2D eigenvalue weighted by atomic mass is 16.3. The van der Waals surface area contributed by atoms with E-state index in [1.165, 1.54) is 29.6 Å². The Balaban J connectivity index is 1.79. The summed E-state index contributed by atoms with van der Waals surface area (Å²) < 4.78 is 0. The van der Waals surface area contributed by atoms with Crippen molar-refractivity contribution in [3.63, 3.8) is 0 Å². The lowest BCUT2D eigenvalue weighted by Gasteiger charge is -2.18. The number of amides is 1. The third kappa shape index (κ3) is 2.62. The number of nitrogens with zero attached hydrogens (tertiary/aromatic N) is 1. The van der Waals surface area contributed by atoms with E-state index in [-0.39, 0.29) is 11.7 Å². The van der Waals surface area contributed by atoms with Crippen molar-refractivity contribution in [2.24, 2.45) is 0 Å². The van der Waals surface area contributed by atoms with Gasteiger partial charge in [-0.3, -0.25) is 9.78 Å². The molecule has 1 aliphatic rings. The van der Waals surface area contributed by atoms with Gasteiger partial charge >= 0.3 is 0 Å². The molecular weight excluding hydrogens is 254 g/mol. The van der Waals surface area contributed by atoms with Crippen LogP contribution >= 0.6 is 0 Å². The summed E-state index contributed by atoms with van der Waals surface area (Å²) in [5.74, 6) is -0.301. The average molecular weight is 269 g/mol. The van der Waals surface area contributed by atoms with Crippen molar-refractivity contribution in [3.8, 4) is 5.75 Å². The molecule has 0 saturated heterocycles. The number of hydrogen-bond donors (Lipinski definition) is 3. The van der Waals surface area contributed by atoms with Crippen molar-refractivity contribution in [3.05, 3.63) is 53.3 Å². The topological polar surface area (TPSA) is 74.2 Å². The van der Waals surface area contributed by atoms with E-state index in [0.29, 0.717) is 5.56 Å². The maximum atomic E-state index is 12.1. The van der Waals surface area contributed by atoms with Crippen LogP contribution in [0.5, 0.6) is 5.75 Å². The normalized spacial score (nSPS) is 13.6. The largest absolute Gasteiger partial charge is 0.506 e. The summed E-state index contributed by atoms with van der Waals surface area (Å²) in [7, 11) is 0. The molecule has 0 fully saturated rings. The standard InChI is InChI=1S/C15H15N3O2/c19-14-6-12(8-17-9-14)15(20)18-13-2-1-10-3-4-16-7-11(10)5-13/h1-2,5-6,8-9,16,19H,3-4,7H2,(H,18,20). The molecule has 3 rings (SSSR count). The molecule has 3 N–H and O–H groups in total. The van der Waals surface area contributed by atoms with Gasteiger partial charge in [0.1, 0.15) is 5.75 Å². The molecule has 0 radical (unpaired) electrons. The third-order valence-electron chi connectivity index (χ3n) is 3.34. The number of carbonyl (C=O) groups is 1. The zero-order chi connectivity index (χ0) is 13.9. The van der Waals surface area contributed by atoms with Crippen molar-refractivity contribution in [1.82, 2.24) is 10.3 Å². The first-order valence-corrected chi connectivity index (χ1v) is 6.50. The molecule has 0 spiro atoms. The van der Waals surface area contributed by atoms with Gasteiger partial charge in [0.2, 0.25) is 0 Å². The Morgan fingerprint density at radius 2 is 2.15 bits per heavy atom. The van der Waals surface area contributed by atoms with Gasteiger partial charge in [0.25, 0.3) is 5.91 Å². The number of rotatable bonds is 2. The predicted octanol–water partition coefficient (Wildman–Crippen LogP) is 1.69. The van der Waals surface area contributed by atoms with Crippen LogP contribution in [0.25, 0.3) is 0 Å². The summed E-state index contributed by atoms with van der Waals surface area (Å²) in [4.78, 5) is 15.9. The van der Waals surface area contributed by atoms with E-state index in [1.54, 1.807) is 0 Å². The first kappa shape index (κ1) is 12.6. The number of carbonyl (C=O) groups excluding carboxylic acids is 1. The molecule has 5 heteroatoms. The molecule has 0 aliphatic carbocycles. The van der Waals surface area contributed by atoms with Gasteiger partial charge in [0.15, 0.2) is 0 Å². The van der Waals surface area contributed by atoms with Gasteiger partial charge in [-0.25, -0.2) is 0 Å². The van der Waals surface area contributed by atoms with Crippen molar-refractivity contribution < 1.29 is 9.90 Å². The molecule has 20 heavy (non-hydrogen) atoms. The third-order valence-corrected chi connectivity index (χ3v) is 3.34. The highest BCUT2D eigenvalue weighted by molar-refractivity contribution is 6.04. The van der Waals surface area contributed by atoms with Gasteiger partial charge in [-0.05, 0) is 42.3 Å². The minimum absolute atomic E-state index is 0.0210. The van der Waals surface area contributed by atoms with Gasteiger partial charge in [-0.2, -0.15) is 0 Å². The Hall–Kier alpha value is -2.40. The molecule has 102 valence electrons. The number of aromatic hydroxyl groups is 1. The molecule has 1 aromatic carbocycles. The minimum Gasteiger partial charge on any atom is -0.506 e. The van der Waals surface area contributed by atoms with Gasteiger partial charge in [-0.15, -0.1) is 0 Å². The summed E-state index contributed by atoms with van der Waals surface area (Å²) in [5, 5.41) is 15.5. The van der Waals surface area contributed by atoms with Crippen LogP contribution < -0.4 is 10.6 Å². The van der Waals surface area contributed by atoms with Crippen LogP contribution in [0.1, 0.15) is 21.5 Å². The summed E-state index contributed by atoms with van der Waals surface area (Å²) in [6.45, 7) is 1.82. The fourth-order valence-electron chi connectivity index (χ4n) is 2.31. The lowest BCUT2D eigenvalue weighted by Crippen LogP contribution is -2.23. The number of anilines is 1. The monoisotopic (exact) mass is 269 g/mol. The van der Waals surface area contributed by atoms with Crippen LogP contribution in [-0.2, 0) is 13.0 Å². The van der Waals surface area contributed by atoms with Crippen molar-refractivity contribution >= 4 is 11.6 Å². The van der Waals surface area contributed by atoms with Crippen molar-refractivity contribution in [1.29, 1.82) is 0 Å². The Kier molecular flexibility index (Phi) is 3.35. The maximum Gasteiger partial charge on any atom is 0.257 e. The fraction of sp³-hybridized carbons (Fsp3) is 0.200. The second-order valence-corrected chi connectivity index (χ2v) is 4.80. The molecule has 2 aromatic rings. The Labute approximate surface area is 116 Å². The van der Waals surface area contributed by atoms with E-state index < -0.39 is 0 Å². The maximum absolute atomic E-state index is 12.1. The molecule has 0 atom stereocenters. The predicted molar refractivity (Wildman–Crippen MR) is 75.7 cm³/mol. The fourth-order valence-corrected chi connectivity index (χ4v) is 2.31. The molecule has 1 aliphatic heterocycles. The van der Waals surface area contributed by atoms with Crippen LogP contribution in [0.3, 0.4) is 0 Å². The molecular formula is C15H15N3O2. The van der Waals surface area contributed by atoms with Gasteiger partial charge in [0, 0.05) is 18.4 Å². The number of aromatic nitrogens is 1. The second-order valence-electron chi connectivity index (χ2n) is 4.80. The van der Waals surface area contributed by atoms with Crippen molar-refractivity contribution in [2.75, 3.05) is 11.9 Å². The lowest BCUT2D eigenvalue weighted by molar-refractivity contribution is 0.102. The average Bonchev–Trinajstić information content (AvgIpc) is 2.47.